The first kappa shape index (κ1) is 21.6. The lowest BCUT2D eigenvalue weighted by Crippen LogP contribution is -2.02. The number of aryl methyl sites for hydroxylation is 1. The maximum absolute atomic E-state index is 14.3. The van der Waals surface area contributed by atoms with E-state index in [4.69, 9.17) is 21.1 Å². The molecular weight excluding hydrogens is 433 g/mol. The first-order valence-corrected chi connectivity index (χ1v) is 10.4. The van der Waals surface area contributed by atoms with E-state index in [0.717, 1.165) is 24.5 Å². The second kappa shape index (κ2) is 9.70. The van der Waals surface area contributed by atoms with E-state index in [0.29, 0.717) is 34.7 Å². The highest BCUT2D eigenvalue weighted by Gasteiger charge is 2.15. The number of fused-ring (bicyclic) bond motifs is 1. The second-order valence-corrected chi connectivity index (χ2v) is 7.48. The first-order valence-electron chi connectivity index (χ1n) is 9.99. The van der Waals surface area contributed by atoms with Gasteiger partial charge in [-0.2, -0.15) is 0 Å². The van der Waals surface area contributed by atoms with Crippen LogP contribution in [0.2, 0.25) is 5.02 Å². The Morgan fingerprint density at radius 3 is 2.78 bits per heavy atom. The molecular formula is C24H21ClFN3O3. The van der Waals surface area contributed by atoms with Crippen molar-refractivity contribution in [2.75, 3.05) is 19.0 Å². The van der Waals surface area contributed by atoms with Gasteiger partial charge >= 0.3 is 0 Å². The number of nitrogens with zero attached hydrogens (tertiary/aromatic N) is 2. The zero-order chi connectivity index (χ0) is 22.5. The average Bonchev–Trinajstić information content (AvgIpc) is 2.80. The van der Waals surface area contributed by atoms with Crippen LogP contribution in [0.25, 0.3) is 10.9 Å². The van der Waals surface area contributed by atoms with Crippen molar-refractivity contribution in [1.82, 2.24) is 9.97 Å². The molecule has 0 saturated carbocycles. The molecule has 8 heteroatoms. The van der Waals surface area contributed by atoms with Crippen molar-refractivity contribution in [3.63, 3.8) is 0 Å². The fourth-order valence-electron chi connectivity index (χ4n) is 3.38. The molecule has 0 atom stereocenters. The Bertz CT molecular complexity index is 1240. The van der Waals surface area contributed by atoms with E-state index in [9.17, 15) is 9.50 Å². The van der Waals surface area contributed by atoms with Crippen LogP contribution in [0.1, 0.15) is 12.0 Å². The Morgan fingerprint density at radius 1 is 1.12 bits per heavy atom. The Balaban J connectivity index is 1.55. The smallest absolute Gasteiger partial charge is 0.187 e. The molecule has 164 valence electrons. The van der Waals surface area contributed by atoms with Gasteiger partial charge in [0.1, 0.15) is 17.1 Å². The number of phenolic OH excluding ortho intramolecular Hbond substituents is 1. The highest BCUT2D eigenvalue weighted by molar-refractivity contribution is 6.32. The number of rotatable bonds is 8. The number of pyridine rings is 2. The molecule has 0 aliphatic heterocycles. The summed E-state index contributed by atoms with van der Waals surface area (Å²) in [5, 5.41) is 13.5. The number of methoxy groups -OCH3 is 1. The number of phenols is 1. The summed E-state index contributed by atoms with van der Waals surface area (Å²) in [6, 6.07) is 11.6. The molecule has 2 aromatic carbocycles. The van der Waals surface area contributed by atoms with E-state index in [1.807, 2.05) is 24.4 Å². The van der Waals surface area contributed by atoms with Crippen LogP contribution in [0.3, 0.4) is 0 Å². The van der Waals surface area contributed by atoms with Crippen molar-refractivity contribution in [3.05, 3.63) is 77.5 Å². The summed E-state index contributed by atoms with van der Waals surface area (Å²) in [4.78, 5) is 8.54. The molecule has 0 fully saturated rings. The molecule has 0 radical (unpaired) electrons. The number of aromatic hydroxyl groups is 1. The van der Waals surface area contributed by atoms with Crippen LogP contribution in [0.5, 0.6) is 17.2 Å². The summed E-state index contributed by atoms with van der Waals surface area (Å²) >= 11 is 5.77. The minimum atomic E-state index is -0.585. The minimum Gasteiger partial charge on any atom is -0.506 e. The first-order chi connectivity index (χ1) is 15.6. The third-order valence-electron chi connectivity index (χ3n) is 4.93. The van der Waals surface area contributed by atoms with E-state index in [1.165, 1.54) is 6.07 Å². The molecule has 4 rings (SSSR count). The lowest BCUT2D eigenvalue weighted by Gasteiger charge is -2.15. The summed E-state index contributed by atoms with van der Waals surface area (Å²) in [7, 11) is 1.55. The molecule has 0 bridgehead atoms. The molecule has 0 unspecified atom stereocenters. The monoisotopic (exact) mass is 453 g/mol. The molecule has 32 heavy (non-hydrogen) atoms. The van der Waals surface area contributed by atoms with Gasteiger partial charge in [0.05, 0.1) is 24.4 Å². The predicted molar refractivity (Wildman–Crippen MR) is 123 cm³/mol. The molecule has 0 aliphatic rings. The lowest BCUT2D eigenvalue weighted by molar-refractivity contribution is 0.291. The van der Waals surface area contributed by atoms with Crippen LogP contribution in [-0.4, -0.2) is 28.8 Å². The summed E-state index contributed by atoms with van der Waals surface area (Å²) in [5.74, 6) is 0.268. The zero-order valence-corrected chi connectivity index (χ0v) is 18.1. The van der Waals surface area contributed by atoms with Crippen LogP contribution in [0.4, 0.5) is 15.8 Å². The topological polar surface area (TPSA) is 76.5 Å². The Hall–Kier alpha value is -3.58. The fraction of sp³-hybridized carbons (Fsp3) is 0.167. The van der Waals surface area contributed by atoms with Crippen LogP contribution >= 0.6 is 11.6 Å². The molecule has 0 spiro atoms. The van der Waals surface area contributed by atoms with Gasteiger partial charge in [-0.3, -0.25) is 9.97 Å². The summed E-state index contributed by atoms with van der Waals surface area (Å²) < 4.78 is 25.8. The number of benzene rings is 2. The van der Waals surface area contributed by atoms with E-state index in [-0.39, 0.29) is 16.5 Å². The Labute approximate surface area is 189 Å². The molecule has 6 nitrogen and oxygen atoms in total. The highest BCUT2D eigenvalue weighted by atomic mass is 35.5. The minimum absolute atomic E-state index is 0.0559. The van der Waals surface area contributed by atoms with Crippen molar-refractivity contribution < 1.29 is 19.0 Å². The van der Waals surface area contributed by atoms with Crippen LogP contribution in [-0.2, 0) is 6.42 Å². The zero-order valence-electron chi connectivity index (χ0n) is 17.3. The van der Waals surface area contributed by atoms with Gasteiger partial charge in [0.15, 0.2) is 11.5 Å². The van der Waals surface area contributed by atoms with Crippen molar-refractivity contribution in [2.45, 2.75) is 12.8 Å². The third kappa shape index (κ3) is 4.68. The van der Waals surface area contributed by atoms with E-state index in [1.54, 1.807) is 31.6 Å². The maximum Gasteiger partial charge on any atom is 0.187 e. The van der Waals surface area contributed by atoms with E-state index >= 15 is 0 Å². The van der Waals surface area contributed by atoms with Gasteiger partial charge in [-0.15, -0.1) is 0 Å². The van der Waals surface area contributed by atoms with Gasteiger partial charge in [0, 0.05) is 35.7 Å². The summed E-state index contributed by atoms with van der Waals surface area (Å²) in [5.41, 5.74) is 2.41. The largest absolute Gasteiger partial charge is 0.506 e. The molecule has 0 aliphatic carbocycles. The maximum atomic E-state index is 14.3. The lowest BCUT2D eigenvalue weighted by atomic mass is 10.1. The average molecular weight is 454 g/mol. The molecule has 2 N–H and O–H groups in total. The number of halogens is 2. The highest BCUT2D eigenvalue weighted by Crippen LogP contribution is 2.39. The molecule has 4 aromatic rings. The summed E-state index contributed by atoms with van der Waals surface area (Å²) in [6.07, 6.45) is 6.86. The second-order valence-electron chi connectivity index (χ2n) is 7.07. The van der Waals surface area contributed by atoms with Crippen molar-refractivity contribution in [2.24, 2.45) is 0 Å². The van der Waals surface area contributed by atoms with E-state index < -0.39 is 5.82 Å². The standard InChI is InChI=1S/C24H21ClFN3O3/c1-31-24-22(32-11-3-5-15-4-2-9-27-14-15)7-6-16-19(8-10-28-23(16)24)29-20-13-21(30)17(25)12-18(20)26/h2,4,6-10,12-14,30H,3,5,11H2,1H3,(H,28,29). The van der Waals surface area contributed by atoms with Crippen LogP contribution < -0.4 is 14.8 Å². The number of aromatic nitrogens is 2. The number of hydrogen-bond donors (Lipinski definition) is 2. The van der Waals surface area contributed by atoms with Gasteiger partial charge < -0.3 is 19.9 Å². The van der Waals surface area contributed by atoms with Crippen molar-refractivity contribution in [3.8, 4) is 17.2 Å². The molecule has 2 aromatic heterocycles. The van der Waals surface area contributed by atoms with Gasteiger partial charge in [-0.25, -0.2) is 4.39 Å². The van der Waals surface area contributed by atoms with Gasteiger partial charge in [0.25, 0.3) is 0 Å². The number of anilines is 2. The Morgan fingerprint density at radius 2 is 2.00 bits per heavy atom. The number of ether oxygens (including phenoxy) is 2. The summed E-state index contributed by atoms with van der Waals surface area (Å²) in [6.45, 7) is 0.504. The number of nitrogens with one attached hydrogen (secondary N) is 1. The normalized spacial score (nSPS) is 10.8. The number of hydrogen-bond acceptors (Lipinski definition) is 6. The molecule has 2 heterocycles. The van der Waals surface area contributed by atoms with Crippen molar-refractivity contribution >= 4 is 33.9 Å². The van der Waals surface area contributed by atoms with Crippen LogP contribution in [0.15, 0.2) is 61.1 Å². The van der Waals surface area contributed by atoms with Crippen molar-refractivity contribution in [1.29, 1.82) is 0 Å². The molecule has 0 amide bonds. The third-order valence-corrected chi connectivity index (χ3v) is 5.23. The van der Waals surface area contributed by atoms with Crippen LogP contribution in [0, 0.1) is 5.82 Å². The predicted octanol–water partition coefficient (Wildman–Crippen LogP) is 5.89. The molecule has 0 saturated heterocycles. The quantitative estimate of drug-likeness (QED) is 0.324. The van der Waals surface area contributed by atoms with Gasteiger partial charge in [-0.05, 0) is 48.7 Å². The van der Waals surface area contributed by atoms with Gasteiger partial charge in [-0.1, -0.05) is 17.7 Å². The van der Waals surface area contributed by atoms with Gasteiger partial charge in [0.2, 0.25) is 0 Å². The Kier molecular flexibility index (Phi) is 6.56. The fourth-order valence-corrected chi connectivity index (χ4v) is 3.53. The SMILES string of the molecule is COc1c(OCCCc2cccnc2)ccc2c(Nc3cc(O)c(Cl)cc3F)ccnc12. The van der Waals surface area contributed by atoms with E-state index in [2.05, 4.69) is 15.3 Å².